The highest BCUT2D eigenvalue weighted by Crippen LogP contribution is 2.18. The molecule has 2 unspecified atom stereocenters. The van der Waals surface area contributed by atoms with Gasteiger partial charge in [-0.3, -0.25) is 14.4 Å². The van der Waals surface area contributed by atoms with Crippen LogP contribution in [0.2, 0.25) is 0 Å². The zero-order valence-electron chi connectivity index (χ0n) is 22.9. The Bertz CT molecular complexity index is 1490. The Morgan fingerprint density at radius 2 is 1.66 bits per heavy atom. The molecule has 2 atom stereocenters. The first-order valence-corrected chi connectivity index (χ1v) is 14.6. The summed E-state index contributed by atoms with van der Waals surface area (Å²) in [7, 11) is -2.79. The number of carbonyl (C=O) groups is 3. The number of amides is 3. The van der Waals surface area contributed by atoms with Gasteiger partial charge in [0.25, 0.3) is 0 Å². The van der Waals surface area contributed by atoms with Crippen LogP contribution >= 0.6 is 0 Å². The third-order valence-electron chi connectivity index (χ3n) is 6.64. The van der Waals surface area contributed by atoms with E-state index in [0.29, 0.717) is 13.2 Å². The Kier molecular flexibility index (Phi) is 10.1. The third-order valence-corrected chi connectivity index (χ3v) is 8.12. The van der Waals surface area contributed by atoms with Crippen molar-refractivity contribution in [2.75, 3.05) is 26.9 Å². The van der Waals surface area contributed by atoms with Crippen LogP contribution in [0.3, 0.4) is 0 Å². The number of nitrogens with one attached hydrogen (secondary N) is 4. The largest absolute Gasteiger partial charge is 0.382 e. The van der Waals surface area contributed by atoms with Crippen LogP contribution in [0.1, 0.15) is 17.5 Å². The molecule has 1 fully saturated rings. The summed E-state index contributed by atoms with van der Waals surface area (Å²) in [4.78, 5) is 39.1. The minimum atomic E-state index is -4.17. The number of fused-ring (bicyclic) bond motifs is 1. The fourth-order valence-electron chi connectivity index (χ4n) is 4.33. The van der Waals surface area contributed by atoms with Gasteiger partial charge in [0.2, 0.25) is 27.7 Å². The minimum absolute atomic E-state index is 0.0602. The van der Waals surface area contributed by atoms with Gasteiger partial charge in [-0.2, -0.15) is 4.72 Å². The first-order chi connectivity index (χ1) is 19.7. The molecule has 0 bridgehead atoms. The highest BCUT2D eigenvalue weighted by atomic mass is 32.2. The summed E-state index contributed by atoms with van der Waals surface area (Å²) in [5, 5.41) is 10.1. The van der Waals surface area contributed by atoms with Crippen LogP contribution in [-0.2, 0) is 40.4 Å². The Morgan fingerprint density at radius 1 is 0.951 bits per heavy atom. The van der Waals surface area contributed by atoms with Gasteiger partial charge in [-0.25, -0.2) is 8.42 Å². The van der Waals surface area contributed by atoms with Crippen molar-refractivity contribution < 1.29 is 32.3 Å². The van der Waals surface area contributed by atoms with E-state index in [1.54, 1.807) is 12.1 Å². The molecule has 4 N–H and O–H groups in total. The van der Waals surface area contributed by atoms with Crippen LogP contribution in [0, 0.1) is 6.92 Å². The summed E-state index contributed by atoms with van der Waals surface area (Å²) in [5.74, 6) is -1.90. The molecule has 3 aromatic carbocycles. The average molecular weight is 583 g/mol. The van der Waals surface area contributed by atoms with Gasteiger partial charge in [-0.1, -0.05) is 60.2 Å². The molecule has 1 heterocycles. The summed E-state index contributed by atoms with van der Waals surface area (Å²) in [5.41, 5.74) is 1.75. The molecule has 3 aromatic rings. The maximum atomic E-state index is 13.4. The van der Waals surface area contributed by atoms with Crippen molar-refractivity contribution in [1.29, 1.82) is 0 Å². The SMILES string of the molecule is COCC(NC(=O)C(CC(=O)NC1COC1)NS(=O)(=O)c1ccc(C)cc1)C(=O)NCc1cccc2ccccc12. The van der Waals surface area contributed by atoms with Crippen molar-refractivity contribution in [2.24, 2.45) is 0 Å². The molecule has 1 aliphatic heterocycles. The van der Waals surface area contributed by atoms with E-state index in [4.69, 9.17) is 9.47 Å². The molecule has 4 rings (SSSR count). The van der Waals surface area contributed by atoms with Crippen LogP contribution in [-0.4, -0.2) is 71.2 Å². The minimum Gasteiger partial charge on any atom is -0.382 e. The molecule has 11 nitrogen and oxygen atoms in total. The Balaban J connectivity index is 1.47. The normalized spacial score (nSPS) is 15.0. The van der Waals surface area contributed by atoms with Crippen molar-refractivity contribution in [3.05, 3.63) is 77.9 Å². The number of carbonyl (C=O) groups excluding carboxylic acids is 3. The van der Waals surface area contributed by atoms with E-state index in [1.165, 1.54) is 19.2 Å². The topological polar surface area (TPSA) is 152 Å². The lowest BCUT2D eigenvalue weighted by Crippen LogP contribution is -2.57. The van der Waals surface area contributed by atoms with E-state index < -0.39 is 46.2 Å². The second-order valence-corrected chi connectivity index (χ2v) is 11.6. The van der Waals surface area contributed by atoms with Gasteiger partial charge in [-0.05, 0) is 35.4 Å². The third kappa shape index (κ3) is 8.10. The van der Waals surface area contributed by atoms with E-state index in [9.17, 15) is 22.8 Å². The van der Waals surface area contributed by atoms with E-state index in [2.05, 4.69) is 20.7 Å². The van der Waals surface area contributed by atoms with Crippen LogP contribution in [0.25, 0.3) is 10.8 Å². The number of hydrogen-bond acceptors (Lipinski definition) is 7. The quantitative estimate of drug-likeness (QED) is 0.236. The van der Waals surface area contributed by atoms with E-state index in [-0.39, 0.29) is 24.1 Å². The molecule has 0 aromatic heterocycles. The first kappa shape index (κ1) is 30.1. The lowest BCUT2D eigenvalue weighted by molar-refractivity contribution is -0.133. The number of aryl methyl sites for hydroxylation is 1. The predicted octanol–water partition coefficient (Wildman–Crippen LogP) is 1.15. The average Bonchev–Trinajstić information content (AvgIpc) is 2.93. The monoisotopic (exact) mass is 582 g/mol. The molecule has 41 heavy (non-hydrogen) atoms. The van der Waals surface area contributed by atoms with E-state index in [0.717, 1.165) is 21.9 Å². The van der Waals surface area contributed by atoms with Gasteiger partial charge in [0, 0.05) is 13.7 Å². The number of ether oxygens (including phenoxy) is 2. The zero-order chi connectivity index (χ0) is 29.4. The fraction of sp³-hybridized carbons (Fsp3) is 0.345. The second-order valence-electron chi connectivity index (χ2n) is 9.87. The summed E-state index contributed by atoms with van der Waals surface area (Å²) in [6.45, 7) is 2.52. The molecule has 1 aliphatic rings. The van der Waals surface area contributed by atoms with Crippen molar-refractivity contribution >= 4 is 38.5 Å². The van der Waals surface area contributed by atoms with Crippen molar-refractivity contribution in [1.82, 2.24) is 20.7 Å². The lowest BCUT2D eigenvalue weighted by Gasteiger charge is -2.28. The summed E-state index contributed by atoms with van der Waals surface area (Å²) in [6, 6.07) is 16.8. The van der Waals surface area contributed by atoms with E-state index in [1.807, 2.05) is 49.4 Å². The highest BCUT2D eigenvalue weighted by molar-refractivity contribution is 7.89. The number of methoxy groups -OCH3 is 1. The fourth-order valence-corrected chi connectivity index (χ4v) is 5.52. The van der Waals surface area contributed by atoms with Crippen LogP contribution in [0.5, 0.6) is 0 Å². The standard InChI is InChI=1S/C29H34N4O7S/c1-19-10-12-23(13-11-19)41(37,38)33-25(14-27(34)31-22-16-40-17-22)29(36)32-26(18-39-2)28(35)30-15-21-8-5-7-20-6-3-4-9-24(20)21/h3-13,22,25-26,33H,14-18H2,1-2H3,(H,30,35)(H,31,34)(H,32,36). The van der Waals surface area contributed by atoms with Gasteiger partial charge in [0.05, 0.1) is 37.2 Å². The van der Waals surface area contributed by atoms with Crippen LogP contribution < -0.4 is 20.7 Å². The van der Waals surface area contributed by atoms with Gasteiger partial charge in [-0.15, -0.1) is 0 Å². The Morgan fingerprint density at radius 3 is 2.34 bits per heavy atom. The maximum absolute atomic E-state index is 13.4. The number of rotatable bonds is 13. The molecule has 0 spiro atoms. The molecular formula is C29H34N4O7S. The summed E-state index contributed by atoms with van der Waals surface area (Å²) >= 11 is 0. The Hall–Kier alpha value is -3.84. The molecule has 12 heteroatoms. The smallest absolute Gasteiger partial charge is 0.245 e. The highest BCUT2D eigenvalue weighted by Gasteiger charge is 2.32. The van der Waals surface area contributed by atoms with E-state index >= 15 is 0 Å². The van der Waals surface area contributed by atoms with Crippen LogP contribution in [0.4, 0.5) is 0 Å². The van der Waals surface area contributed by atoms with Crippen molar-refractivity contribution in [2.45, 2.75) is 42.9 Å². The molecule has 218 valence electrons. The molecule has 3 amide bonds. The van der Waals surface area contributed by atoms with Crippen molar-refractivity contribution in [3.63, 3.8) is 0 Å². The predicted molar refractivity (Wildman–Crippen MR) is 152 cm³/mol. The Labute approximate surface area is 239 Å². The molecular weight excluding hydrogens is 548 g/mol. The zero-order valence-corrected chi connectivity index (χ0v) is 23.7. The number of hydrogen-bond donors (Lipinski definition) is 4. The molecule has 0 aliphatic carbocycles. The van der Waals surface area contributed by atoms with Gasteiger partial charge in [0.1, 0.15) is 12.1 Å². The lowest BCUT2D eigenvalue weighted by atomic mass is 10.0. The van der Waals surface area contributed by atoms with Gasteiger partial charge in [0.15, 0.2) is 0 Å². The van der Waals surface area contributed by atoms with Gasteiger partial charge < -0.3 is 25.4 Å². The molecule has 0 saturated carbocycles. The molecule has 1 saturated heterocycles. The summed E-state index contributed by atoms with van der Waals surface area (Å²) < 4.78 is 38.7. The first-order valence-electron chi connectivity index (χ1n) is 13.2. The number of benzene rings is 3. The molecule has 0 radical (unpaired) electrons. The van der Waals surface area contributed by atoms with Crippen LogP contribution in [0.15, 0.2) is 71.6 Å². The van der Waals surface area contributed by atoms with Crippen molar-refractivity contribution in [3.8, 4) is 0 Å². The number of sulfonamides is 1. The summed E-state index contributed by atoms with van der Waals surface area (Å²) in [6.07, 6.45) is -0.481. The second kappa shape index (κ2) is 13.7. The maximum Gasteiger partial charge on any atom is 0.245 e. The van der Waals surface area contributed by atoms with Gasteiger partial charge >= 0.3 is 0 Å².